The fraction of sp³-hybridized carbons (Fsp3) is 0.375. The van der Waals surface area contributed by atoms with Crippen LogP contribution in [0.1, 0.15) is 17.6 Å². The number of hydrogen-bond donors (Lipinski definition) is 0. The fourth-order valence-electron chi connectivity index (χ4n) is 0.940. The van der Waals surface area contributed by atoms with Crippen LogP contribution in [0.2, 0.25) is 0 Å². The molecule has 0 aliphatic carbocycles. The van der Waals surface area contributed by atoms with Gasteiger partial charge in [-0.05, 0) is 6.92 Å². The molecule has 0 atom stereocenters. The Morgan fingerprint density at radius 2 is 2.08 bits per heavy atom. The Hall–Kier alpha value is -1.26. The Balaban J connectivity index is 3.32. The molecule has 0 saturated heterocycles. The summed E-state index contributed by atoms with van der Waals surface area (Å²) in [5.74, 6) is -1.32. The van der Waals surface area contributed by atoms with Crippen LogP contribution in [0.5, 0.6) is 5.88 Å². The van der Waals surface area contributed by atoms with E-state index in [-0.39, 0.29) is 11.4 Å². The summed E-state index contributed by atoms with van der Waals surface area (Å²) in [6.45, 7) is 1.37. The van der Waals surface area contributed by atoms with Crippen molar-refractivity contribution in [1.82, 2.24) is 4.98 Å². The summed E-state index contributed by atoms with van der Waals surface area (Å²) >= 11 is 0. The molecule has 13 heavy (non-hydrogen) atoms. The van der Waals surface area contributed by atoms with E-state index in [2.05, 4.69) is 9.72 Å². The highest BCUT2D eigenvalue weighted by Crippen LogP contribution is 2.30. The first-order valence-electron chi connectivity index (χ1n) is 3.55. The van der Waals surface area contributed by atoms with E-state index < -0.39 is 17.8 Å². The molecule has 1 heterocycles. The summed E-state index contributed by atoms with van der Waals surface area (Å²) in [4.78, 5) is 3.54. The van der Waals surface area contributed by atoms with E-state index in [4.69, 9.17) is 0 Å². The lowest BCUT2D eigenvalue weighted by atomic mass is 10.2. The summed E-state index contributed by atoms with van der Waals surface area (Å²) in [6, 6.07) is 0. The number of aryl methyl sites for hydroxylation is 1. The summed E-state index contributed by atoms with van der Waals surface area (Å²) < 4.78 is 42.2. The molecule has 1 aromatic heterocycles. The second-order valence-electron chi connectivity index (χ2n) is 2.48. The maximum absolute atomic E-state index is 13.1. The van der Waals surface area contributed by atoms with Gasteiger partial charge in [0.2, 0.25) is 5.88 Å². The zero-order chi connectivity index (χ0) is 10.0. The summed E-state index contributed by atoms with van der Waals surface area (Å²) in [5, 5.41) is 0. The van der Waals surface area contributed by atoms with E-state index in [9.17, 15) is 13.2 Å². The number of methoxy groups -OCH3 is 1. The third-order valence-corrected chi connectivity index (χ3v) is 1.60. The highest BCUT2D eigenvalue weighted by molar-refractivity contribution is 5.32. The molecule has 0 saturated carbocycles. The van der Waals surface area contributed by atoms with Crippen molar-refractivity contribution < 1.29 is 17.9 Å². The molecular weight excluding hydrogens is 183 g/mol. The van der Waals surface area contributed by atoms with Gasteiger partial charge in [0.05, 0.1) is 7.11 Å². The highest BCUT2D eigenvalue weighted by Gasteiger charge is 2.21. The number of pyridine rings is 1. The van der Waals surface area contributed by atoms with Crippen molar-refractivity contribution >= 4 is 0 Å². The van der Waals surface area contributed by atoms with Gasteiger partial charge >= 0.3 is 0 Å². The molecule has 1 rings (SSSR count). The van der Waals surface area contributed by atoms with Crippen molar-refractivity contribution in [3.63, 3.8) is 0 Å². The topological polar surface area (TPSA) is 22.1 Å². The van der Waals surface area contributed by atoms with Crippen LogP contribution >= 0.6 is 0 Å². The Kier molecular flexibility index (Phi) is 2.75. The minimum atomic E-state index is -2.91. The van der Waals surface area contributed by atoms with E-state index in [0.29, 0.717) is 0 Å². The first-order valence-corrected chi connectivity index (χ1v) is 3.55. The minimum absolute atomic E-state index is 0.0797. The van der Waals surface area contributed by atoms with Crippen LogP contribution in [-0.2, 0) is 0 Å². The highest BCUT2D eigenvalue weighted by atomic mass is 19.3. The second-order valence-corrected chi connectivity index (χ2v) is 2.48. The van der Waals surface area contributed by atoms with E-state index in [0.717, 1.165) is 6.20 Å². The summed E-state index contributed by atoms with van der Waals surface area (Å²) in [5.41, 5.74) is -0.696. The third-order valence-electron chi connectivity index (χ3n) is 1.60. The molecular formula is C8H8F3NO. The number of rotatable bonds is 2. The van der Waals surface area contributed by atoms with E-state index in [1.807, 2.05) is 0 Å². The van der Waals surface area contributed by atoms with Gasteiger partial charge in [-0.25, -0.2) is 18.2 Å². The van der Waals surface area contributed by atoms with Crippen LogP contribution in [-0.4, -0.2) is 12.1 Å². The lowest BCUT2D eigenvalue weighted by Gasteiger charge is -2.08. The van der Waals surface area contributed by atoms with Gasteiger partial charge in [-0.15, -0.1) is 0 Å². The summed E-state index contributed by atoms with van der Waals surface area (Å²) in [6.07, 6.45) is -1.76. The number of nitrogens with zero attached hydrogens (tertiary/aromatic N) is 1. The molecule has 0 amide bonds. The van der Waals surface area contributed by atoms with E-state index in [1.165, 1.54) is 14.0 Å². The average Bonchev–Trinajstić information content (AvgIpc) is 2.08. The van der Waals surface area contributed by atoms with Crippen molar-refractivity contribution in [3.8, 4) is 5.88 Å². The third kappa shape index (κ3) is 1.74. The van der Waals surface area contributed by atoms with E-state index in [1.54, 1.807) is 0 Å². The fourth-order valence-corrected chi connectivity index (χ4v) is 0.940. The van der Waals surface area contributed by atoms with Crippen molar-refractivity contribution in [2.75, 3.05) is 7.11 Å². The lowest BCUT2D eigenvalue weighted by molar-refractivity contribution is 0.140. The number of ether oxygens (including phenoxy) is 1. The molecule has 0 spiro atoms. The predicted octanol–water partition coefficient (Wildman–Crippen LogP) is 2.48. The Bertz CT molecular complexity index is 315. The van der Waals surface area contributed by atoms with Gasteiger partial charge < -0.3 is 4.74 Å². The largest absolute Gasteiger partial charge is 0.481 e. The van der Waals surface area contributed by atoms with Crippen molar-refractivity contribution in [2.24, 2.45) is 0 Å². The Morgan fingerprint density at radius 1 is 1.46 bits per heavy atom. The quantitative estimate of drug-likeness (QED) is 0.716. The number of alkyl halides is 2. The molecule has 5 heteroatoms. The molecule has 0 aliphatic rings. The molecule has 1 aromatic rings. The van der Waals surface area contributed by atoms with Gasteiger partial charge in [0, 0.05) is 11.8 Å². The molecule has 2 nitrogen and oxygen atoms in total. The van der Waals surface area contributed by atoms with Gasteiger partial charge in [-0.1, -0.05) is 0 Å². The first-order chi connectivity index (χ1) is 6.07. The molecule has 0 unspecified atom stereocenters. The van der Waals surface area contributed by atoms with Crippen molar-refractivity contribution in [2.45, 2.75) is 13.3 Å². The normalized spacial score (nSPS) is 10.6. The van der Waals surface area contributed by atoms with Gasteiger partial charge in [0.1, 0.15) is 11.4 Å². The van der Waals surface area contributed by atoms with E-state index >= 15 is 0 Å². The van der Waals surface area contributed by atoms with Crippen LogP contribution in [0, 0.1) is 12.7 Å². The van der Waals surface area contributed by atoms with Crippen LogP contribution in [0.25, 0.3) is 0 Å². The molecule has 0 bridgehead atoms. The molecule has 0 radical (unpaired) electrons. The monoisotopic (exact) mass is 191 g/mol. The first kappa shape index (κ1) is 9.83. The number of aromatic nitrogens is 1. The van der Waals surface area contributed by atoms with Crippen LogP contribution in [0.15, 0.2) is 6.20 Å². The smallest absolute Gasteiger partial charge is 0.271 e. The molecule has 0 aliphatic heterocycles. The van der Waals surface area contributed by atoms with Gasteiger partial charge in [0.25, 0.3) is 6.43 Å². The van der Waals surface area contributed by atoms with Crippen LogP contribution in [0.4, 0.5) is 13.2 Å². The van der Waals surface area contributed by atoms with Gasteiger partial charge in [-0.2, -0.15) is 0 Å². The maximum Gasteiger partial charge on any atom is 0.271 e. The minimum Gasteiger partial charge on any atom is -0.481 e. The Labute approximate surface area is 73.4 Å². The zero-order valence-corrected chi connectivity index (χ0v) is 7.14. The van der Waals surface area contributed by atoms with Gasteiger partial charge in [0.15, 0.2) is 0 Å². The predicted molar refractivity (Wildman–Crippen MR) is 40.4 cm³/mol. The molecule has 72 valence electrons. The summed E-state index contributed by atoms with van der Waals surface area (Å²) in [7, 11) is 1.17. The molecule has 0 aromatic carbocycles. The number of hydrogen-bond acceptors (Lipinski definition) is 2. The molecule has 0 fully saturated rings. The number of halogens is 3. The second kappa shape index (κ2) is 3.64. The Morgan fingerprint density at radius 3 is 2.54 bits per heavy atom. The van der Waals surface area contributed by atoms with Gasteiger partial charge in [-0.3, -0.25) is 0 Å². The SMILES string of the molecule is COc1ncc(C)c(F)c1C(F)F. The lowest BCUT2D eigenvalue weighted by Crippen LogP contribution is -2.01. The standard InChI is InChI=1S/C8H8F3NO/c1-4-3-12-8(13-2)5(6(4)9)7(10)11/h3,7H,1-2H3. The average molecular weight is 191 g/mol. The van der Waals surface area contributed by atoms with Crippen LogP contribution in [0.3, 0.4) is 0 Å². The van der Waals surface area contributed by atoms with Crippen LogP contribution < -0.4 is 4.74 Å². The zero-order valence-electron chi connectivity index (χ0n) is 7.14. The molecule has 0 N–H and O–H groups in total. The van der Waals surface area contributed by atoms with Crippen molar-refractivity contribution in [3.05, 3.63) is 23.1 Å². The van der Waals surface area contributed by atoms with Crippen molar-refractivity contribution in [1.29, 1.82) is 0 Å². The maximum atomic E-state index is 13.1.